The van der Waals surface area contributed by atoms with E-state index in [1.807, 2.05) is 31.2 Å². The normalized spacial score (nSPS) is 12.4. The second-order valence-electron chi connectivity index (χ2n) is 3.55. The fourth-order valence-electron chi connectivity index (χ4n) is 1.47. The molecule has 1 N–H and O–H groups in total. The Bertz CT molecular complexity index is 314. The molecule has 1 aromatic rings. The third kappa shape index (κ3) is 4.73. The zero-order valence-corrected chi connectivity index (χ0v) is 10.4. The Morgan fingerprint density at radius 2 is 2.00 bits per heavy atom. The van der Waals surface area contributed by atoms with Crippen molar-refractivity contribution in [2.45, 2.75) is 13.0 Å². The van der Waals surface area contributed by atoms with E-state index in [0.29, 0.717) is 25.6 Å². The van der Waals surface area contributed by atoms with Crippen LogP contribution in [0.15, 0.2) is 24.3 Å². The van der Waals surface area contributed by atoms with Crippen molar-refractivity contribution in [3.8, 4) is 5.75 Å². The van der Waals surface area contributed by atoms with E-state index in [2.05, 4.69) is 0 Å². The van der Waals surface area contributed by atoms with Gasteiger partial charge >= 0.3 is 0 Å². The maximum Gasteiger partial charge on any atom is 0.125 e. The van der Waals surface area contributed by atoms with Gasteiger partial charge in [-0.3, -0.25) is 0 Å². The average Bonchev–Trinajstić information content (AvgIpc) is 2.35. The highest BCUT2D eigenvalue weighted by atomic mass is 16.5. The van der Waals surface area contributed by atoms with Crippen LogP contribution in [0.1, 0.15) is 18.6 Å². The number of ether oxygens (including phenoxy) is 3. The summed E-state index contributed by atoms with van der Waals surface area (Å²) in [6.45, 7) is 3.74. The van der Waals surface area contributed by atoms with Gasteiger partial charge in [-0.2, -0.15) is 0 Å². The first-order valence-corrected chi connectivity index (χ1v) is 5.76. The number of methoxy groups -OCH3 is 1. The van der Waals surface area contributed by atoms with E-state index in [9.17, 15) is 5.11 Å². The maximum atomic E-state index is 9.98. The molecule has 0 aliphatic carbocycles. The van der Waals surface area contributed by atoms with Crippen molar-refractivity contribution in [1.82, 2.24) is 0 Å². The molecule has 4 heteroatoms. The Morgan fingerprint density at radius 3 is 2.71 bits per heavy atom. The van der Waals surface area contributed by atoms with Crippen molar-refractivity contribution in [3.63, 3.8) is 0 Å². The van der Waals surface area contributed by atoms with Crippen molar-refractivity contribution in [2.24, 2.45) is 0 Å². The minimum absolute atomic E-state index is 0.243. The van der Waals surface area contributed by atoms with Crippen LogP contribution in [0, 0.1) is 0 Å². The topological polar surface area (TPSA) is 47.9 Å². The first kappa shape index (κ1) is 14.0. The molecule has 0 fully saturated rings. The molecule has 0 saturated heterocycles. The predicted octanol–water partition coefficient (Wildman–Crippen LogP) is 1.78. The molecule has 0 aliphatic heterocycles. The van der Waals surface area contributed by atoms with Crippen LogP contribution in [0.4, 0.5) is 0 Å². The van der Waals surface area contributed by atoms with Crippen LogP contribution >= 0.6 is 0 Å². The zero-order chi connectivity index (χ0) is 12.5. The van der Waals surface area contributed by atoms with E-state index in [-0.39, 0.29) is 6.61 Å². The first-order valence-electron chi connectivity index (χ1n) is 5.76. The summed E-state index contributed by atoms with van der Waals surface area (Å²) >= 11 is 0. The molecular weight excluding hydrogens is 220 g/mol. The van der Waals surface area contributed by atoms with Gasteiger partial charge in [0.05, 0.1) is 26.4 Å². The third-order valence-electron chi connectivity index (χ3n) is 2.29. The summed E-state index contributed by atoms with van der Waals surface area (Å²) in [6.07, 6.45) is -0.672. The Balaban J connectivity index is 2.52. The lowest BCUT2D eigenvalue weighted by atomic mass is 10.1. The van der Waals surface area contributed by atoms with Gasteiger partial charge in [0.1, 0.15) is 11.9 Å². The Hall–Kier alpha value is -1.10. The van der Waals surface area contributed by atoms with Crippen LogP contribution in [0.25, 0.3) is 0 Å². The van der Waals surface area contributed by atoms with Gasteiger partial charge in [0.25, 0.3) is 0 Å². The summed E-state index contributed by atoms with van der Waals surface area (Å²) in [7, 11) is 1.62. The summed E-state index contributed by atoms with van der Waals surface area (Å²) < 4.78 is 15.6. The minimum Gasteiger partial charge on any atom is -0.493 e. The molecule has 0 aromatic heterocycles. The quantitative estimate of drug-likeness (QED) is 0.704. The second-order valence-corrected chi connectivity index (χ2v) is 3.55. The molecule has 1 atom stereocenters. The fourth-order valence-corrected chi connectivity index (χ4v) is 1.47. The molecule has 0 aliphatic rings. The third-order valence-corrected chi connectivity index (χ3v) is 2.29. The number of para-hydroxylation sites is 1. The monoisotopic (exact) mass is 240 g/mol. The van der Waals surface area contributed by atoms with E-state index < -0.39 is 6.10 Å². The summed E-state index contributed by atoms with van der Waals surface area (Å²) in [5.41, 5.74) is 0.756. The van der Waals surface area contributed by atoms with E-state index in [4.69, 9.17) is 14.2 Å². The van der Waals surface area contributed by atoms with Crippen LogP contribution in [-0.2, 0) is 9.47 Å². The molecule has 0 amide bonds. The Labute approximate surface area is 102 Å². The summed E-state index contributed by atoms with van der Waals surface area (Å²) in [4.78, 5) is 0. The Kier molecular flexibility index (Phi) is 6.62. The molecule has 4 nitrogen and oxygen atoms in total. The van der Waals surface area contributed by atoms with Gasteiger partial charge in [0.2, 0.25) is 0 Å². The first-order chi connectivity index (χ1) is 8.29. The largest absolute Gasteiger partial charge is 0.493 e. The predicted molar refractivity (Wildman–Crippen MR) is 65.3 cm³/mol. The molecule has 1 unspecified atom stereocenters. The molecule has 17 heavy (non-hydrogen) atoms. The Morgan fingerprint density at radius 1 is 1.24 bits per heavy atom. The molecule has 0 bridgehead atoms. The van der Waals surface area contributed by atoms with Gasteiger partial charge in [-0.25, -0.2) is 0 Å². The zero-order valence-electron chi connectivity index (χ0n) is 10.4. The molecular formula is C13H20O4. The molecule has 1 rings (SSSR count). The molecule has 0 saturated carbocycles. The van der Waals surface area contributed by atoms with Crippen LogP contribution in [0.2, 0.25) is 0 Å². The smallest absolute Gasteiger partial charge is 0.125 e. The maximum absolute atomic E-state index is 9.98. The van der Waals surface area contributed by atoms with E-state index in [1.165, 1.54) is 0 Å². The van der Waals surface area contributed by atoms with Gasteiger partial charge in [0, 0.05) is 12.7 Å². The highest BCUT2D eigenvalue weighted by molar-refractivity contribution is 5.35. The number of hydrogen-bond acceptors (Lipinski definition) is 4. The van der Waals surface area contributed by atoms with Gasteiger partial charge < -0.3 is 19.3 Å². The van der Waals surface area contributed by atoms with Gasteiger partial charge in [0.15, 0.2) is 0 Å². The standard InChI is InChI=1S/C13H20O4/c1-3-17-13-7-5-4-6-11(13)12(14)10-16-9-8-15-2/h4-7,12,14H,3,8-10H2,1-2H3. The SMILES string of the molecule is CCOc1ccccc1C(O)COCCOC. The molecule has 1 aromatic carbocycles. The number of aliphatic hydroxyl groups is 1. The van der Waals surface area contributed by atoms with Crippen LogP contribution in [0.3, 0.4) is 0 Å². The van der Waals surface area contributed by atoms with Crippen molar-refractivity contribution in [3.05, 3.63) is 29.8 Å². The van der Waals surface area contributed by atoms with E-state index in [1.54, 1.807) is 7.11 Å². The lowest BCUT2D eigenvalue weighted by Gasteiger charge is -2.15. The van der Waals surface area contributed by atoms with Crippen molar-refractivity contribution in [2.75, 3.05) is 33.5 Å². The highest BCUT2D eigenvalue weighted by Crippen LogP contribution is 2.25. The molecule has 96 valence electrons. The second kappa shape index (κ2) is 8.06. The highest BCUT2D eigenvalue weighted by Gasteiger charge is 2.12. The van der Waals surface area contributed by atoms with Gasteiger partial charge in [-0.05, 0) is 13.0 Å². The lowest BCUT2D eigenvalue weighted by molar-refractivity contribution is 0.0116. The van der Waals surface area contributed by atoms with E-state index in [0.717, 1.165) is 5.56 Å². The van der Waals surface area contributed by atoms with Crippen molar-refractivity contribution in [1.29, 1.82) is 0 Å². The summed E-state index contributed by atoms with van der Waals surface area (Å²) in [5, 5.41) is 9.98. The average molecular weight is 240 g/mol. The van der Waals surface area contributed by atoms with Crippen LogP contribution < -0.4 is 4.74 Å². The van der Waals surface area contributed by atoms with Crippen molar-refractivity contribution >= 4 is 0 Å². The van der Waals surface area contributed by atoms with E-state index >= 15 is 0 Å². The fraction of sp³-hybridized carbons (Fsp3) is 0.538. The number of rotatable bonds is 8. The molecule has 0 heterocycles. The number of benzene rings is 1. The van der Waals surface area contributed by atoms with Crippen molar-refractivity contribution < 1.29 is 19.3 Å². The number of hydrogen-bond donors (Lipinski definition) is 1. The minimum atomic E-state index is -0.672. The molecule has 0 radical (unpaired) electrons. The van der Waals surface area contributed by atoms with Gasteiger partial charge in [-0.15, -0.1) is 0 Å². The number of aliphatic hydroxyl groups excluding tert-OH is 1. The summed E-state index contributed by atoms with van der Waals surface area (Å²) in [5.74, 6) is 0.706. The van der Waals surface area contributed by atoms with Gasteiger partial charge in [-0.1, -0.05) is 18.2 Å². The van der Waals surface area contributed by atoms with Crippen LogP contribution in [-0.4, -0.2) is 38.6 Å². The van der Waals surface area contributed by atoms with Crippen LogP contribution in [0.5, 0.6) is 5.75 Å². The summed E-state index contributed by atoms with van der Waals surface area (Å²) in [6, 6.07) is 7.44. The lowest BCUT2D eigenvalue weighted by Crippen LogP contribution is -2.11. The molecule has 0 spiro atoms.